The molecule has 1 aliphatic heterocycles. The van der Waals surface area contributed by atoms with Gasteiger partial charge in [0.2, 0.25) is 10.9 Å². The first kappa shape index (κ1) is 18.3. The lowest BCUT2D eigenvalue weighted by atomic mass is 9.99. The molecule has 0 bridgehead atoms. The van der Waals surface area contributed by atoms with Gasteiger partial charge in [-0.25, -0.2) is 0 Å². The van der Waals surface area contributed by atoms with E-state index in [1.807, 2.05) is 0 Å². The van der Waals surface area contributed by atoms with Gasteiger partial charge in [-0.2, -0.15) is 0 Å². The van der Waals surface area contributed by atoms with Crippen LogP contribution >= 0.6 is 34.5 Å². The van der Waals surface area contributed by atoms with E-state index in [4.69, 9.17) is 27.6 Å². The summed E-state index contributed by atoms with van der Waals surface area (Å²) in [6.45, 7) is 1.79. The van der Waals surface area contributed by atoms with Crippen molar-refractivity contribution < 1.29 is 9.21 Å². The fourth-order valence-corrected chi connectivity index (χ4v) is 4.60. The molecule has 144 valence electrons. The maximum absolute atomic E-state index is 13.4. The minimum absolute atomic E-state index is 0.0114. The molecule has 9 heteroatoms. The van der Waals surface area contributed by atoms with Crippen LogP contribution in [-0.4, -0.2) is 16.1 Å². The molecule has 4 aromatic rings. The molecular formula is C20H11Cl2N3O3S. The summed E-state index contributed by atoms with van der Waals surface area (Å²) in [6.07, 6.45) is 0. The number of amides is 1. The molecule has 1 unspecified atom stereocenters. The van der Waals surface area contributed by atoms with Crippen molar-refractivity contribution in [3.05, 3.63) is 84.6 Å². The van der Waals surface area contributed by atoms with Gasteiger partial charge in [0.25, 0.3) is 5.91 Å². The van der Waals surface area contributed by atoms with E-state index in [-0.39, 0.29) is 16.8 Å². The lowest BCUT2D eigenvalue weighted by Crippen LogP contribution is -2.29. The number of anilines is 1. The van der Waals surface area contributed by atoms with Crippen molar-refractivity contribution in [1.82, 2.24) is 10.2 Å². The second kappa shape index (κ2) is 6.66. The maximum atomic E-state index is 13.4. The van der Waals surface area contributed by atoms with E-state index in [9.17, 15) is 9.59 Å². The molecule has 6 nitrogen and oxygen atoms in total. The lowest BCUT2D eigenvalue weighted by Gasteiger charge is -2.22. The van der Waals surface area contributed by atoms with E-state index in [1.165, 1.54) is 16.2 Å². The summed E-state index contributed by atoms with van der Waals surface area (Å²) < 4.78 is 5.87. The molecule has 1 atom stereocenters. The van der Waals surface area contributed by atoms with E-state index < -0.39 is 11.9 Å². The number of hydrogen-bond acceptors (Lipinski definition) is 6. The SMILES string of the molecule is Cc1nnc(N2C(=O)c3oc4ccc(Cl)cc4c(=O)c3C2c2cccc(Cl)c2)s1. The Balaban J connectivity index is 1.84. The number of nitrogens with zero attached hydrogens (tertiary/aromatic N) is 3. The van der Waals surface area contributed by atoms with Crippen LogP contribution in [0.1, 0.15) is 32.7 Å². The van der Waals surface area contributed by atoms with E-state index in [1.54, 1.807) is 49.4 Å². The molecule has 2 aromatic heterocycles. The third-order valence-corrected chi connectivity index (χ3v) is 6.03. The second-order valence-corrected chi connectivity index (χ2v) is 8.58. The maximum Gasteiger partial charge on any atom is 0.297 e. The van der Waals surface area contributed by atoms with E-state index in [2.05, 4.69) is 10.2 Å². The number of rotatable bonds is 2. The standard InChI is InChI=1S/C20H11Cl2N3O3S/c1-9-23-24-20(29-9)25-16(10-3-2-4-11(21)7-10)15-17(26)13-8-12(22)5-6-14(13)28-18(15)19(25)27/h2-8,16H,1H3. The zero-order chi connectivity index (χ0) is 20.3. The Bertz CT molecular complexity index is 1360. The molecule has 0 fully saturated rings. The van der Waals surface area contributed by atoms with Crippen LogP contribution in [-0.2, 0) is 0 Å². The Labute approximate surface area is 178 Å². The van der Waals surface area contributed by atoms with Crippen molar-refractivity contribution in [3.63, 3.8) is 0 Å². The monoisotopic (exact) mass is 443 g/mol. The van der Waals surface area contributed by atoms with Crippen LogP contribution in [0.15, 0.2) is 51.7 Å². The number of benzene rings is 2. The quantitative estimate of drug-likeness (QED) is 0.435. The van der Waals surface area contributed by atoms with E-state index >= 15 is 0 Å². The third kappa shape index (κ3) is 2.85. The second-order valence-electron chi connectivity index (χ2n) is 6.55. The summed E-state index contributed by atoms with van der Waals surface area (Å²) in [4.78, 5) is 28.2. The summed E-state index contributed by atoms with van der Waals surface area (Å²) >= 11 is 13.5. The molecule has 3 heterocycles. The van der Waals surface area contributed by atoms with Crippen LogP contribution in [0.4, 0.5) is 5.13 Å². The zero-order valence-corrected chi connectivity index (χ0v) is 17.2. The highest BCUT2D eigenvalue weighted by Gasteiger charge is 2.45. The molecule has 0 aliphatic carbocycles. The normalized spacial score (nSPS) is 15.9. The topological polar surface area (TPSA) is 76.3 Å². The van der Waals surface area contributed by atoms with E-state index in [0.717, 1.165) is 0 Å². The Morgan fingerprint density at radius 3 is 2.59 bits per heavy atom. The highest BCUT2D eigenvalue weighted by molar-refractivity contribution is 7.15. The number of hydrogen-bond donors (Lipinski definition) is 0. The first-order valence-corrected chi connectivity index (χ1v) is 10.2. The van der Waals surface area contributed by atoms with Crippen LogP contribution in [0.3, 0.4) is 0 Å². The van der Waals surface area contributed by atoms with Crippen LogP contribution < -0.4 is 10.3 Å². The fourth-order valence-electron chi connectivity index (χ4n) is 3.52. The van der Waals surface area contributed by atoms with Crippen molar-refractivity contribution in [2.24, 2.45) is 0 Å². The number of carbonyl (C=O) groups is 1. The first-order valence-electron chi connectivity index (χ1n) is 8.59. The van der Waals surface area contributed by atoms with Gasteiger partial charge in [0.15, 0.2) is 5.43 Å². The van der Waals surface area contributed by atoms with Crippen molar-refractivity contribution >= 4 is 56.5 Å². The molecule has 0 radical (unpaired) electrons. The van der Waals surface area contributed by atoms with Crippen LogP contribution in [0.2, 0.25) is 10.0 Å². The minimum atomic E-state index is -0.733. The van der Waals surface area contributed by atoms with Crippen LogP contribution in [0, 0.1) is 6.92 Å². The van der Waals surface area contributed by atoms with Crippen molar-refractivity contribution in [3.8, 4) is 0 Å². The van der Waals surface area contributed by atoms with Gasteiger partial charge in [0.05, 0.1) is 17.0 Å². The number of fused-ring (bicyclic) bond motifs is 2. The Hall–Kier alpha value is -2.74. The number of halogens is 2. The van der Waals surface area contributed by atoms with Gasteiger partial charge in [-0.05, 0) is 42.8 Å². The molecule has 29 heavy (non-hydrogen) atoms. The minimum Gasteiger partial charge on any atom is -0.450 e. The lowest BCUT2D eigenvalue weighted by molar-refractivity contribution is 0.0970. The third-order valence-electron chi connectivity index (χ3n) is 4.72. The van der Waals surface area contributed by atoms with Gasteiger partial charge in [-0.15, -0.1) is 10.2 Å². The fraction of sp³-hybridized carbons (Fsp3) is 0.100. The summed E-state index contributed by atoms with van der Waals surface area (Å²) in [5.41, 5.74) is 0.892. The predicted octanol–water partition coefficient (Wildman–Crippen LogP) is 5.01. The number of aryl methyl sites for hydroxylation is 1. The molecule has 0 spiro atoms. The Morgan fingerprint density at radius 1 is 1.07 bits per heavy atom. The van der Waals surface area contributed by atoms with Gasteiger partial charge >= 0.3 is 0 Å². The summed E-state index contributed by atoms with van der Waals surface area (Å²) in [5.74, 6) is -0.460. The molecule has 5 rings (SSSR count). The average molecular weight is 444 g/mol. The summed E-state index contributed by atoms with van der Waals surface area (Å²) in [6, 6.07) is 11.0. The number of aromatic nitrogens is 2. The van der Waals surface area contributed by atoms with Gasteiger partial charge in [-0.3, -0.25) is 14.5 Å². The molecular weight excluding hydrogens is 433 g/mol. The highest BCUT2D eigenvalue weighted by Crippen LogP contribution is 2.42. The average Bonchev–Trinajstić information content (AvgIpc) is 3.24. The van der Waals surface area contributed by atoms with E-state index in [0.29, 0.717) is 36.7 Å². The van der Waals surface area contributed by atoms with Gasteiger partial charge in [0.1, 0.15) is 10.6 Å². The van der Waals surface area contributed by atoms with Crippen molar-refractivity contribution in [2.45, 2.75) is 13.0 Å². The molecule has 0 N–H and O–H groups in total. The Morgan fingerprint density at radius 2 is 1.86 bits per heavy atom. The van der Waals surface area contributed by atoms with Crippen LogP contribution in [0.25, 0.3) is 11.0 Å². The highest BCUT2D eigenvalue weighted by atomic mass is 35.5. The molecule has 0 saturated carbocycles. The van der Waals surface area contributed by atoms with Crippen molar-refractivity contribution in [2.75, 3.05) is 4.90 Å². The van der Waals surface area contributed by atoms with Gasteiger partial charge in [0, 0.05) is 10.0 Å². The van der Waals surface area contributed by atoms with Gasteiger partial charge < -0.3 is 4.42 Å². The number of carbonyl (C=O) groups excluding carboxylic acids is 1. The summed E-state index contributed by atoms with van der Waals surface area (Å²) in [5, 5.41) is 10.4. The molecule has 0 saturated heterocycles. The van der Waals surface area contributed by atoms with Gasteiger partial charge in [-0.1, -0.05) is 46.7 Å². The summed E-state index contributed by atoms with van der Waals surface area (Å²) in [7, 11) is 0. The largest absolute Gasteiger partial charge is 0.450 e. The molecule has 2 aromatic carbocycles. The first-order chi connectivity index (χ1) is 13.9. The predicted molar refractivity (Wildman–Crippen MR) is 112 cm³/mol. The molecule has 1 aliphatic rings. The Kier molecular flexibility index (Phi) is 4.20. The molecule has 1 amide bonds. The zero-order valence-electron chi connectivity index (χ0n) is 14.8. The van der Waals surface area contributed by atoms with Crippen LogP contribution in [0.5, 0.6) is 0 Å². The van der Waals surface area contributed by atoms with Crippen molar-refractivity contribution in [1.29, 1.82) is 0 Å². The smallest absolute Gasteiger partial charge is 0.297 e.